The van der Waals surface area contributed by atoms with Gasteiger partial charge in [-0.2, -0.15) is 0 Å². The first-order chi connectivity index (χ1) is 21.9. The number of hydrogen-bond donors (Lipinski definition) is 5. The molecule has 0 aliphatic carbocycles. The molecule has 1 fully saturated rings. The van der Waals surface area contributed by atoms with E-state index in [2.05, 4.69) is 28.0 Å². The Morgan fingerprint density at radius 2 is 1.63 bits per heavy atom. The van der Waals surface area contributed by atoms with E-state index in [9.17, 15) is 29.7 Å². The lowest BCUT2D eigenvalue weighted by atomic mass is 9.89. The number of rotatable bonds is 14. The van der Waals surface area contributed by atoms with E-state index >= 15 is 0 Å². The SMILES string of the molecule is CS#CC1O[C@@H](c2ccc(C)c(Cc3ccc(CCCC(=O)NCC(=O)NCCN(C)CC(=O)N(C)C)cc3)c2)[C@H](O)[C@@H](O)[C@@H]1O. The molecule has 1 aliphatic rings. The van der Waals surface area contributed by atoms with Crippen LogP contribution in [-0.4, -0.2) is 121 Å². The highest BCUT2D eigenvalue weighted by Crippen LogP contribution is 2.33. The Morgan fingerprint density at radius 1 is 0.935 bits per heavy atom. The van der Waals surface area contributed by atoms with Gasteiger partial charge < -0.3 is 35.6 Å². The van der Waals surface area contributed by atoms with Crippen molar-refractivity contribution >= 4 is 28.9 Å². The molecule has 46 heavy (non-hydrogen) atoms. The van der Waals surface area contributed by atoms with Crippen LogP contribution in [0.1, 0.15) is 46.8 Å². The highest BCUT2D eigenvalue weighted by molar-refractivity contribution is 7.87. The van der Waals surface area contributed by atoms with Crippen LogP contribution < -0.4 is 10.6 Å². The molecule has 0 radical (unpaired) electrons. The number of aliphatic hydroxyl groups excluding tert-OH is 3. The van der Waals surface area contributed by atoms with Crippen LogP contribution >= 0.6 is 11.2 Å². The van der Waals surface area contributed by atoms with Crippen molar-refractivity contribution in [1.29, 1.82) is 0 Å². The zero-order chi connectivity index (χ0) is 33.8. The molecule has 0 saturated carbocycles. The molecule has 2 aromatic rings. The summed E-state index contributed by atoms with van der Waals surface area (Å²) in [6, 6.07) is 14.0. The Labute approximate surface area is 275 Å². The molecule has 3 amide bonds. The summed E-state index contributed by atoms with van der Waals surface area (Å²) in [5.74, 6) is -0.460. The minimum absolute atomic E-state index is 0.00936. The summed E-state index contributed by atoms with van der Waals surface area (Å²) in [6.45, 7) is 3.12. The number of likely N-dealkylation sites (N-methyl/N-ethyl adjacent to an activating group) is 2. The lowest BCUT2D eigenvalue weighted by Gasteiger charge is -2.39. The van der Waals surface area contributed by atoms with E-state index in [0.717, 1.165) is 34.2 Å². The minimum Gasteiger partial charge on any atom is -0.387 e. The molecule has 0 aromatic heterocycles. The molecule has 11 nitrogen and oxygen atoms in total. The van der Waals surface area contributed by atoms with Crippen LogP contribution in [0.3, 0.4) is 0 Å². The molecule has 1 aliphatic heterocycles. The van der Waals surface area contributed by atoms with Gasteiger partial charge in [0, 0.05) is 39.9 Å². The fourth-order valence-electron chi connectivity index (χ4n) is 5.09. The smallest absolute Gasteiger partial charge is 0.239 e. The lowest BCUT2D eigenvalue weighted by molar-refractivity contribution is -0.209. The molecule has 1 saturated heterocycles. The summed E-state index contributed by atoms with van der Waals surface area (Å²) in [4.78, 5) is 39.4. The molecule has 1 unspecified atom stereocenters. The topological polar surface area (TPSA) is 152 Å². The molecule has 0 spiro atoms. The van der Waals surface area contributed by atoms with E-state index in [0.29, 0.717) is 32.4 Å². The third kappa shape index (κ3) is 11.2. The van der Waals surface area contributed by atoms with E-state index < -0.39 is 30.5 Å². The number of nitrogens with one attached hydrogen (secondary N) is 2. The first-order valence-electron chi connectivity index (χ1n) is 15.5. The van der Waals surface area contributed by atoms with Crippen molar-refractivity contribution in [2.24, 2.45) is 0 Å². The number of amides is 3. The van der Waals surface area contributed by atoms with Gasteiger partial charge in [0.2, 0.25) is 17.7 Å². The van der Waals surface area contributed by atoms with Gasteiger partial charge in [0.05, 0.1) is 13.1 Å². The number of nitrogens with zero attached hydrogens (tertiary/aromatic N) is 2. The van der Waals surface area contributed by atoms with Crippen LogP contribution in [0.25, 0.3) is 0 Å². The van der Waals surface area contributed by atoms with Crippen LogP contribution in [0.15, 0.2) is 42.5 Å². The Balaban J connectivity index is 1.43. The van der Waals surface area contributed by atoms with E-state index in [1.807, 2.05) is 49.2 Å². The molecule has 0 bridgehead atoms. The number of aryl methyl sites for hydroxylation is 2. The predicted molar refractivity (Wildman–Crippen MR) is 179 cm³/mol. The molecule has 12 heteroatoms. The van der Waals surface area contributed by atoms with Gasteiger partial charge in [-0.05, 0) is 61.1 Å². The van der Waals surface area contributed by atoms with Gasteiger partial charge in [-0.1, -0.05) is 47.6 Å². The van der Waals surface area contributed by atoms with Crippen molar-refractivity contribution in [3.63, 3.8) is 0 Å². The van der Waals surface area contributed by atoms with Gasteiger partial charge >= 0.3 is 0 Å². The third-order valence-electron chi connectivity index (χ3n) is 8.00. The Morgan fingerprint density at radius 3 is 2.30 bits per heavy atom. The van der Waals surface area contributed by atoms with E-state index in [1.165, 1.54) is 16.1 Å². The molecule has 3 rings (SSSR count). The quantitative estimate of drug-likeness (QED) is 0.202. The highest BCUT2D eigenvalue weighted by Gasteiger charge is 2.43. The first-order valence-corrected chi connectivity index (χ1v) is 16.7. The second-order valence-electron chi connectivity index (χ2n) is 12.0. The Kier molecular flexibility index (Phi) is 14.6. The highest BCUT2D eigenvalue weighted by atomic mass is 32.1. The van der Waals surface area contributed by atoms with Crippen molar-refractivity contribution in [3.05, 3.63) is 70.3 Å². The molecular weight excluding hydrogens is 608 g/mol. The van der Waals surface area contributed by atoms with Crippen LogP contribution in [0.4, 0.5) is 0 Å². The molecule has 2 aromatic carbocycles. The number of carbonyl (C=O) groups excluding carboxylic acids is 3. The van der Waals surface area contributed by atoms with Gasteiger partial charge in [-0.3, -0.25) is 19.3 Å². The molecule has 252 valence electrons. The van der Waals surface area contributed by atoms with Crippen LogP contribution in [-0.2, 0) is 32.0 Å². The largest absolute Gasteiger partial charge is 0.387 e. The summed E-state index contributed by atoms with van der Waals surface area (Å²) < 4.78 is 5.94. The summed E-state index contributed by atoms with van der Waals surface area (Å²) in [6.07, 6.45) is -1.35. The van der Waals surface area contributed by atoms with Crippen molar-refractivity contribution < 1.29 is 34.4 Å². The number of aliphatic hydroxyl groups is 3. The maximum absolute atomic E-state index is 12.2. The van der Waals surface area contributed by atoms with Crippen molar-refractivity contribution in [2.75, 3.05) is 53.6 Å². The van der Waals surface area contributed by atoms with Gasteiger partial charge in [0.15, 0.2) is 0 Å². The Bertz CT molecular complexity index is 1390. The zero-order valence-corrected chi connectivity index (χ0v) is 28.2. The van der Waals surface area contributed by atoms with Gasteiger partial charge in [0.1, 0.15) is 30.5 Å². The van der Waals surface area contributed by atoms with E-state index in [1.54, 1.807) is 20.4 Å². The summed E-state index contributed by atoms with van der Waals surface area (Å²) in [5.41, 5.74) is 5.07. The average Bonchev–Trinajstić information content (AvgIpc) is 3.02. The molecule has 5 atom stereocenters. The molecule has 5 N–H and O–H groups in total. The fourth-order valence-corrected chi connectivity index (χ4v) is 5.52. The summed E-state index contributed by atoms with van der Waals surface area (Å²) >= 11 is 1.26. The minimum atomic E-state index is -1.35. The predicted octanol–water partition coefficient (Wildman–Crippen LogP) is 1.01. The first kappa shape index (κ1) is 37.1. The number of carbonyl (C=O) groups is 3. The maximum Gasteiger partial charge on any atom is 0.239 e. The fraction of sp³-hybridized carbons (Fsp3) is 0.529. The lowest BCUT2D eigenvalue weighted by Crippen LogP contribution is -2.53. The van der Waals surface area contributed by atoms with Crippen LogP contribution in [0.5, 0.6) is 0 Å². The second-order valence-corrected chi connectivity index (χ2v) is 12.6. The normalized spacial score (nSPS) is 20.9. The number of benzene rings is 2. The van der Waals surface area contributed by atoms with Gasteiger partial charge in [-0.15, -0.1) is 11.2 Å². The number of hydrogen-bond acceptors (Lipinski definition) is 8. The monoisotopic (exact) mass is 656 g/mol. The van der Waals surface area contributed by atoms with Crippen LogP contribution in [0, 0.1) is 12.1 Å². The summed E-state index contributed by atoms with van der Waals surface area (Å²) in [7, 11) is 5.21. The van der Waals surface area contributed by atoms with Crippen molar-refractivity contribution in [3.8, 4) is 5.18 Å². The third-order valence-corrected chi connectivity index (χ3v) is 8.47. The van der Waals surface area contributed by atoms with Gasteiger partial charge in [-0.25, -0.2) is 0 Å². The van der Waals surface area contributed by atoms with Crippen molar-refractivity contribution in [1.82, 2.24) is 20.4 Å². The van der Waals surface area contributed by atoms with Crippen molar-refractivity contribution in [2.45, 2.75) is 63.1 Å². The second kappa shape index (κ2) is 18.1. The standard InChI is InChI=1S/C34H48N4O7S/c1-22-9-14-25(34-33(44)32(43)31(42)27(45-34)21-46-5)18-26(22)17-24-12-10-23(11-13-24)7-6-8-28(39)36-19-29(40)35-15-16-38(4)20-30(41)37(2)3/h9-14,18,27,31-34,42-44H,6-8,15-17,19-20H2,1-5H3,(H,35,40)(H,36,39)/t27?,31-,32+,33-,34+/m1/s1. The maximum atomic E-state index is 12.2. The van der Waals surface area contributed by atoms with E-state index in [-0.39, 0.29) is 30.8 Å². The Hall–Kier alpha value is -3.35. The van der Waals surface area contributed by atoms with Gasteiger partial charge in [0.25, 0.3) is 0 Å². The number of ether oxygens (including phenoxy) is 1. The summed E-state index contributed by atoms with van der Waals surface area (Å²) in [5, 5.41) is 39.6. The van der Waals surface area contributed by atoms with E-state index in [4.69, 9.17) is 4.74 Å². The molecule has 1 heterocycles. The molecular formula is C34H48N4O7S. The van der Waals surface area contributed by atoms with Crippen LogP contribution in [0.2, 0.25) is 0 Å². The average molecular weight is 657 g/mol. The zero-order valence-electron chi connectivity index (χ0n) is 27.4.